The Morgan fingerprint density at radius 3 is 2.73 bits per heavy atom. The summed E-state index contributed by atoms with van der Waals surface area (Å²) in [6.45, 7) is 0. The van der Waals surface area contributed by atoms with E-state index >= 15 is 0 Å². The van der Waals surface area contributed by atoms with E-state index in [1.807, 2.05) is 12.1 Å². The molecule has 2 aromatic carbocycles. The normalized spacial score (nSPS) is 11.2. The van der Waals surface area contributed by atoms with Crippen molar-refractivity contribution in [3.05, 3.63) is 84.5 Å². The molecule has 0 spiro atoms. The fourth-order valence-corrected chi connectivity index (χ4v) is 3.98. The molecule has 9 heteroatoms. The highest BCUT2D eigenvalue weighted by atomic mass is 32.2. The molecule has 0 unspecified atom stereocenters. The molecule has 0 aliphatic heterocycles. The van der Waals surface area contributed by atoms with E-state index in [2.05, 4.69) is 19.8 Å². The van der Waals surface area contributed by atoms with Crippen molar-refractivity contribution in [2.24, 2.45) is 0 Å². The minimum Gasteiger partial charge on any atom is -0.497 e. The molecule has 0 saturated heterocycles. The van der Waals surface area contributed by atoms with E-state index < -0.39 is 10.0 Å². The van der Waals surface area contributed by atoms with Gasteiger partial charge in [-0.2, -0.15) is 4.98 Å². The molecule has 0 saturated carbocycles. The van der Waals surface area contributed by atoms with Crippen molar-refractivity contribution in [3.8, 4) is 17.1 Å². The molecule has 0 aliphatic rings. The fourth-order valence-electron chi connectivity index (χ4n) is 2.85. The highest BCUT2D eigenvalue weighted by Crippen LogP contribution is 2.24. The van der Waals surface area contributed by atoms with Crippen LogP contribution < -0.4 is 9.46 Å². The van der Waals surface area contributed by atoms with Crippen LogP contribution in [0.3, 0.4) is 0 Å². The van der Waals surface area contributed by atoms with Gasteiger partial charge in [-0.15, -0.1) is 0 Å². The van der Waals surface area contributed by atoms with Gasteiger partial charge in [0.15, 0.2) is 0 Å². The van der Waals surface area contributed by atoms with E-state index in [4.69, 9.17) is 9.26 Å². The van der Waals surface area contributed by atoms with Gasteiger partial charge in [-0.25, -0.2) is 8.42 Å². The first-order valence-corrected chi connectivity index (χ1v) is 10.5. The van der Waals surface area contributed by atoms with Crippen molar-refractivity contribution >= 4 is 15.7 Å². The predicted octanol–water partition coefficient (Wildman–Crippen LogP) is 3.53. The lowest BCUT2D eigenvalue weighted by atomic mass is 10.1. The molecule has 152 valence electrons. The molecule has 0 aliphatic carbocycles. The number of ether oxygens (including phenoxy) is 1. The van der Waals surface area contributed by atoms with E-state index in [0.717, 1.165) is 5.56 Å². The summed E-state index contributed by atoms with van der Waals surface area (Å²) >= 11 is 0. The molecule has 4 rings (SSSR count). The lowest BCUT2D eigenvalue weighted by Crippen LogP contribution is -2.14. The van der Waals surface area contributed by atoms with Crippen LogP contribution in [-0.2, 0) is 16.4 Å². The number of aromatic nitrogens is 3. The first kappa shape index (κ1) is 19.6. The quantitative estimate of drug-likeness (QED) is 0.485. The summed E-state index contributed by atoms with van der Waals surface area (Å²) in [5.74, 6) is 1.24. The lowest BCUT2D eigenvalue weighted by molar-refractivity contribution is 0.386. The monoisotopic (exact) mass is 422 g/mol. The first-order valence-electron chi connectivity index (χ1n) is 9.03. The number of para-hydroxylation sites is 1. The molecular weight excluding hydrogens is 404 g/mol. The van der Waals surface area contributed by atoms with Crippen LogP contribution in [0.25, 0.3) is 11.4 Å². The average Bonchev–Trinajstić information content (AvgIpc) is 3.24. The molecular formula is C21H18N4O4S. The summed E-state index contributed by atoms with van der Waals surface area (Å²) in [5, 5.41) is 3.97. The van der Waals surface area contributed by atoms with Gasteiger partial charge in [0.2, 0.25) is 11.7 Å². The van der Waals surface area contributed by atoms with E-state index in [-0.39, 0.29) is 11.3 Å². The second-order valence-corrected chi connectivity index (χ2v) is 8.05. The number of nitrogens with zero attached hydrogens (tertiary/aromatic N) is 3. The van der Waals surface area contributed by atoms with Crippen LogP contribution in [0.4, 0.5) is 5.69 Å². The Kier molecular flexibility index (Phi) is 5.44. The highest BCUT2D eigenvalue weighted by molar-refractivity contribution is 7.92. The molecule has 8 nitrogen and oxygen atoms in total. The summed E-state index contributed by atoms with van der Waals surface area (Å²) in [6.07, 6.45) is 3.57. The molecule has 4 aromatic rings. The molecule has 1 N–H and O–H groups in total. The van der Waals surface area contributed by atoms with E-state index in [9.17, 15) is 8.42 Å². The van der Waals surface area contributed by atoms with Crippen LogP contribution in [0, 0.1) is 0 Å². The number of hydrogen-bond acceptors (Lipinski definition) is 7. The Bertz CT molecular complexity index is 1260. The lowest BCUT2D eigenvalue weighted by Gasteiger charge is -2.12. The molecule has 2 heterocycles. The predicted molar refractivity (Wildman–Crippen MR) is 111 cm³/mol. The van der Waals surface area contributed by atoms with Gasteiger partial charge < -0.3 is 9.26 Å². The number of hydrogen-bond donors (Lipinski definition) is 1. The van der Waals surface area contributed by atoms with Gasteiger partial charge in [-0.05, 0) is 35.9 Å². The van der Waals surface area contributed by atoms with E-state index in [1.54, 1.807) is 48.8 Å². The first-order chi connectivity index (χ1) is 14.5. The Labute approximate surface area is 173 Å². The molecule has 0 amide bonds. The number of anilines is 1. The van der Waals surface area contributed by atoms with Gasteiger partial charge in [0, 0.05) is 24.0 Å². The topological polar surface area (TPSA) is 107 Å². The minimum absolute atomic E-state index is 0.105. The third-order valence-electron chi connectivity index (χ3n) is 4.34. The van der Waals surface area contributed by atoms with Gasteiger partial charge in [0.1, 0.15) is 5.75 Å². The Morgan fingerprint density at radius 1 is 1.07 bits per heavy atom. The van der Waals surface area contributed by atoms with Crippen molar-refractivity contribution in [2.45, 2.75) is 11.3 Å². The van der Waals surface area contributed by atoms with Gasteiger partial charge in [-0.1, -0.05) is 29.4 Å². The number of benzene rings is 2. The zero-order valence-corrected chi connectivity index (χ0v) is 16.8. The molecule has 0 atom stereocenters. The molecule has 0 fully saturated rings. The van der Waals surface area contributed by atoms with Gasteiger partial charge >= 0.3 is 0 Å². The second kappa shape index (κ2) is 8.34. The summed E-state index contributed by atoms with van der Waals surface area (Å²) in [5.41, 5.74) is 1.87. The van der Waals surface area contributed by atoms with Crippen LogP contribution in [0.2, 0.25) is 0 Å². The summed E-state index contributed by atoms with van der Waals surface area (Å²) < 4.78 is 38.8. The van der Waals surface area contributed by atoms with Crippen LogP contribution in [-0.4, -0.2) is 30.7 Å². The third kappa shape index (κ3) is 4.31. The Morgan fingerprint density at radius 2 is 1.93 bits per heavy atom. The smallest absolute Gasteiger partial charge is 0.262 e. The Balaban J connectivity index is 1.58. The van der Waals surface area contributed by atoms with Crippen molar-refractivity contribution in [1.29, 1.82) is 0 Å². The fraction of sp³-hybridized carbons (Fsp3) is 0.0952. The van der Waals surface area contributed by atoms with Crippen molar-refractivity contribution in [2.75, 3.05) is 11.8 Å². The number of rotatable bonds is 7. The standard InChI is InChI=1S/C21H18N4O4S/c1-28-17-8-4-9-18(13-17)30(26,27)25-19-10-3-2-6-15(19)12-20-23-21(24-29-20)16-7-5-11-22-14-16/h2-11,13-14,25H,12H2,1H3. The molecule has 2 aromatic heterocycles. The van der Waals surface area contributed by atoms with Crippen LogP contribution in [0.15, 0.2) is 82.5 Å². The van der Waals surface area contributed by atoms with Crippen molar-refractivity contribution in [1.82, 2.24) is 15.1 Å². The summed E-state index contributed by atoms with van der Waals surface area (Å²) in [7, 11) is -2.32. The maximum absolute atomic E-state index is 12.8. The average molecular weight is 422 g/mol. The summed E-state index contributed by atoms with van der Waals surface area (Å²) in [4.78, 5) is 8.53. The van der Waals surface area contributed by atoms with Gasteiger partial charge in [0.25, 0.3) is 10.0 Å². The van der Waals surface area contributed by atoms with Crippen molar-refractivity contribution in [3.63, 3.8) is 0 Å². The third-order valence-corrected chi connectivity index (χ3v) is 5.71. The molecule has 0 radical (unpaired) electrons. The molecule has 30 heavy (non-hydrogen) atoms. The Hall–Kier alpha value is -3.72. The highest BCUT2D eigenvalue weighted by Gasteiger charge is 2.18. The van der Waals surface area contributed by atoms with Crippen LogP contribution >= 0.6 is 0 Å². The maximum atomic E-state index is 12.8. The second-order valence-electron chi connectivity index (χ2n) is 6.37. The van der Waals surface area contributed by atoms with Crippen LogP contribution in [0.5, 0.6) is 5.75 Å². The zero-order chi connectivity index (χ0) is 21.0. The number of methoxy groups -OCH3 is 1. The molecule has 0 bridgehead atoms. The van der Waals surface area contributed by atoms with Gasteiger partial charge in [0.05, 0.1) is 24.1 Å². The zero-order valence-electron chi connectivity index (χ0n) is 16.0. The number of sulfonamides is 1. The van der Waals surface area contributed by atoms with Crippen molar-refractivity contribution < 1.29 is 17.7 Å². The number of pyridine rings is 1. The minimum atomic E-state index is -3.80. The van der Waals surface area contributed by atoms with Crippen LogP contribution in [0.1, 0.15) is 11.5 Å². The van der Waals surface area contributed by atoms with Gasteiger partial charge in [-0.3, -0.25) is 9.71 Å². The van der Waals surface area contributed by atoms with E-state index in [1.165, 1.54) is 19.2 Å². The SMILES string of the molecule is COc1cccc(S(=O)(=O)Nc2ccccc2Cc2nc(-c3cccnc3)no2)c1. The largest absolute Gasteiger partial charge is 0.497 e. The maximum Gasteiger partial charge on any atom is 0.262 e. The number of nitrogens with one attached hydrogen (secondary N) is 1. The summed E-state index contributed by atoms with van der Waals surface area (Å²) in [6, 6.07) is 16.9. The van der Waals surface area contributed by atoms with E-state index in [0.29, 0.717) is 28.7 Å².